The van der Waals surface area contributed by atoms with Crippen LogP contribution in [0.3, 0.4) is 0 Å². The first-order valence-corrected chi connectivity index (χ1v) is 6.67. The summed E-state index contributed by atoms with van der Waals surface area (Å²) in [4.78, 5) is 3.92. The molecule has 2 aromatic heterocycles. The summed E-state index contributed by atoms with van der Waals surface area (Å²) < 4.78 is 40.3. The summed E-state index contributed by atoms with van der Waals surface area (Å²) in [6.07, 6.45) is 2.19. The Morgan fingerprint density at radius 3 is 2.70 bits per heavy atom. The Kier molecular flexibility index (Phi) is 3.20. The van der Waals surface area contributed by atoms with Crippen LogP contribution in [0, 0.1) is 0 Å². The topological polar surface area (TPSA) is 37.5 Å². The average molecular weight is 284 g/mol. The lowest BCUT2D eigenvalue weighted by molar-refractivity contribution is -0.138. The molecular formula is C14H15F3N2O. The Balaban J connectivity index is 2.14. The van der Waals surface area contributed by atoms with Gasteiger partial charge in [-0.1, -0.05) is 12.8 Å². The van der Waals surface area contributed by atoms with Gasteiger partial charge in [-0.15, -0.1) is 0 Å². The minimum Gasteiger partial charge on any atom is -0.392 e. The van der Waals surface area contributed by atoms with Crippen molar-refractivity contribution >= 4 is 5.52 Å². The fourth-order valence-corrected chi connectivity index (χ4v) is 2.99. The predicted molar refractivity (Wildman–Crippen MR) is 67.4 cm³/mol. The highest BCUT2D eigenvalue weighted by Gasteiger charge is 2.34. The van der Waals surface area contributed by atoms with Crippen LogP contribution in [0.5, 0.6) is 0 Å². The molecule has 2 heterocycles. The van der Waals surface area contributed by atoms with Crippen molar-refractivity contribution in [2.45, 2.75) is 43.9 Å². The van der Waals surface area contributed by atoms with Crippen molar-refractivity contribution in [3.8, 4) is 0 Å². The van der Waals surface area contributed by atoms with E-state index in [1.54, 1.807) is 6.20 Å². The quantitative estimate of drug-likeness (QED) is 0.871. The molecule has 20 heavy (non-hydrogen) atoms. The summed E-state index contributed by atoms with van der Waals surface area (Å²) in [6.45, 7) is 0. The molecule has 0 bridgehead atoms. The minimum absolute atomic E-state index is 0.245. The first-order valence-electron chi connectivity index (χ1n) is 6.67. The van der Waals surface area contributed by atoms with Crippen LogP contribution in [-0.2, 0) is 6.18 Å². The number of halogens is 3. The van der Waals surface area contributed by atoms with Gasteiger partial charge in [0.25, 0.3) is 0 Å². The van der Waals surface area contributed by atoms with Gasteiger partial charge in [-0.3, -0.25) is 0 Å². The molecule has 2 atom stereocenters. The van der Waals surface area contributed by atoms with E-state index in [0.29, 0.717) is 23.9 Å². The zero-order valence-electron chi connectivity index (χ0n) is 10.8. The third kappa shape index (κ3) is 2.28. The molecule has 1 N–H and O–H groups in total. The van der Waals surface area contributed by atoms with Gasteiger partial charge in [0.1, 0.15) is 0 Å². The molecule has 6 heteroatoms. The summed E-state index contributed by atoms with van der Waals surface area (Å²) in [5.41, 5.74) is 0.490. The number of nitrogens with zero attached hydrogens (tertiary/aromatic N) is 2. The van der Waals surface area contributed by atoms with Crippen LogP contribution in [0.4, 0.5) is 13.2 Å². The second-order valence-electron chi connectivity index (χ2n) is 5.33. The zero-order valence-corrected chi connectivity index (χ0v) is 10.8. The molecule has 0 radical (unpaired) electrons. The van der Waals surface area contributed by atoms with E-state index in [0.717, 1.165) is 25.1 Å². The lowest BCUT2D eigenvalue weighted by atomic mass is 9.81. The minimum atomic E-state index is -4.40. The van der Waals surface area contributed by atoms with E-state index in [9.17, 15) is 18.3 Å². The fourth-order valence-electron chi connectivity index (χ4n) is 2.99. The maximum Gasteiger partial charge on any atom is 0.417 e. The van der Waals surface area contributed by atoms with Gasteiger partial charge in [0, 0.05) is 12.1 Å². The summed E-state index contributed by atoms with van der Waals surface area (Å²) in [5, 5.41) is 10.1. The maximum absolute atomic E-state index is 13.0. The number of aliphatic hydroxyl groups excluding tert-OH is 1. The number of rotatable bonds is 1. The molecule has 0 amide bonds. The Hall–Kier alpha value is -1.56. The SMILES string of the molecule is OC1CCCCC1c1cc(C(F)(F)F)cn2cncc12. The second-order valence-corrected chi connectivity index (χ2v) is 5.33. The van der Waals surface area contributed by atoms with Crippen molar-refractivity contribution in [3.05, 3.63) is 35.9 Å². The Morgan fingerprint density at radius 2 is 2.00 bits per heavy atom. The molecule has 2 aromatic rings. The number of hydrogen-bond donors (Lipinski definition) is 1. The van der Waals surface area contributed by atoms with Gasteiger partial charge < -0.3 is 9.51 Å². The fraction of sp³-hybridized carbons (Fsp3) is 0.500. The first kappa shape index (κ1) is 13.4. The summed E-state index contributed by atoms with van der Waals surface area (Å²) in [6, 6.07) is 1.16. The highest BCUT2D eigenvalue weighted by molar-refractivity contribution is 5.56. The summed E-state index contributed by atoms with van der Waals surface area (Å²) in [7, 11) is 0. The predicted octanol–water partition coefficient (Wildman–Crippen LogP) is 3.37. The van der Waals surface area contributed by atoms with E-state index in [1.807, 2.05) is 0 Å². The zero-order chi connectivity index (χ0) is 14.3. The monoisotopic (exact) mass is 284 g/mol. The molecule has 2 unspecified atom stereocenters. The number of hydrogen-bond acceptors (Lipinski definition) is 2. The lowest BCUT2D eigenvalue weighted by Gasteiger charge is -2.29. The van der Waals surface area contributed by atoms with Crippen molar-refractivity contribution in [2.75, 3.05) is 0 Å². The molecule has 0 spiro atoms. The molecule has 3 rings (SSSR count). The number of alkyl halides is 3. The van der Waals surface area contributed by atoms with Crippen LogP contribution in [-0.4, -0.2) is 20.6 Å². The molecule has 0 saturated heterocycles. The van der Waals surface area contributed by atoms with Gasteiger partial charge >= 0.3 is 6.18 Å². The molecule has 1 aliphatic carbocycles. The number of pyridine rings is 1. The van der Waals surface area contributed by atoms with Gasteiger partial charge in [-0.2, -0.15) is 13.2 Å². The summed E-state index contributed by atoms with van der Waals surface area (Å²) >= 11 is 0. The third-order valence-corrected chi connectivity index (χ3v) is 4.01. The van der Waals surface area contributed by atoms with Crippen LogP contribution >= 0.6 is 0 Å². The van der Waals surface area contributed by atoms with E-state index in [4.69, 9.17) is 0 Å². The second kappa shape index (κ2) is 4.77. The molecular weight excluding hydrogens is 269 g/mol. The van der Waals surface area contributed by atoms with Crippen molar-refractivity contribution in [2.24, 2.45) is 0 Å². The normalized spacial score (nSPS) is 24.2. The van der Waals surface area contributed by atoms with Crippen molar-refractivity contribution in [1.82, 2.24) is 9.38 Å². The molecule has 108 valence electrons. The third-order valence-electron chi connectivity index (χ3n) is 4.01. The van der Waals surface area contributed by atoms with Crippen molar-refractivity contribution in [1.29, 1.82) is 0 Å². The Morgan fingerprint density at radius 1 is 1.25 bits per heavy atom. The molecule has 1 aliphatic rings. The largest absolute Gasteiger partial charge is 0.417 e. The van der Waals surface area contributed by atoms with Crippen molar-refractivity contribution in [3.63, 3.8) is 0 Å². The maximum atomic E-state index is 13.0. The number of aliphatic hydroxyl groups is 1. The Bertz CT molecular complexity index is 620. The van der Waals surface area contributed by atoms with E-state index in [-0.39, 0.29) is 5.92 Å². The van der Waals surface area contributed by atoms with E-state index in [2.05, 4.69) is 4.98 Å². The van der Waals surface area contributed by atoms with Crippen LogP contribution < -0.4 is 0 Å². The lowest BCUT2D eigenvalue weighted by Crippen LogP contribution is -2.23. The average Bonchev–Trinajstić information content (AvgIpc) is 2.85. The van der Waals surface area contributed by atoms with Crippen LogP contribution in [0.1, 0.15) is 42.7 Å². The standard InChI is InChI=1S/C14H15F3N2O/c15-14(16,17)9-5-11(10-3-1-2-4-13(10)20)12-6-18-8-19(12)7-9/h5-8,10,13,20H,1-4H2. The smallest absolute Gasteiger partial charge is 0.392 e. The molecule has 0 aliphatic heterocycles. The molecule has 0 aromatic carbocycles. The number of aromatic nitrogens is 2. The highest BCUT2D eigenvalue weighted by Crippen LogP contribution is 2.38. The molecule has 3 nitrogen and oxygen atoms in total. The van der Waals surface area contributed by atoms with Gasteiger partial charge in [0.2, 0.25) is 0 Å². The van der Waals surface area contributed by atoms with Crippen LogP contribution in [0.15, 0.2) is 24.8 Å². The van der Waals surface area contributed by atoms with Gasteiger partial charge in [0.15, 0.2) is 0 Å². The van der Waals surface area contributed by atoms with Gasteiger partial charge in [-0.05, 0) is 24.5 Å². The van der Waals surface area contributed by atoms with Gasteiger partial charge in [0.05, 0.1) is 29.7 Å². The van der Waals surface area contributed by atoms with Crippen molar-refractivity contribution < 1.29 is 18.3 Å². The molecule has 1 saturated carbocycles. The van der Waals surface area contributed by atoms with E-state index < -0.39 is 17.8 Å². The van der Waals surface area contributed by atoms with Crippen LogP contribution in [0.25, 0.3) is 5.52 Å². The Labute approximate surface area is 114 Å². The first-order chi connectivity index (χ1) is 9.47. The number of imidazole rings is 1. The summed E-state index contributed by atoms with van der Waals surface area (Å²) in [5.74, 6) is -0.245. The van der Waals surface area contributed by atoms with E-state index >= 15 is 0 Å². The van der Waals surface area contributed by atoms with Crippen LogP contribution in [0.2, 0.25) is 0 Å². The number of fused-ring (bicyclic) bond motifs is 1. The van der Waals surface area contributed by atoms with Gasteiger partial charge in [-0.25, -0.2) is 4.98 Å². The molecule has 1 fully saturated rings. The van der Waals surface area contributed by atoms with E-state index in [1.165, 1.54) is 10.7 Å². The highest BCUT2D eigenvalue weighted by atomic mass is 19.4.